The number of carbonyl (C=O) groups is 2. The molecule has 0 saturated heterocycles. The van der Waals surface area contributed by atoms with Crippen molar-refractivity contribution in [2.24, 2.45) is 0 Å². The van der Waals surface area contributed by atoms with Crippen LogP contribution in [0.4, 0.5) is 0 Å². The lowest BCUT2D eigenvalue weighted by Crippen LogP contribution is -2.25. The summed E-state index contributed by atoms with van der Waals surface area (Å²) in [7, 11) is 1.53. The molecule has 0 saturated carbocycles. The second kappa shape index (κ2) is 7.54. The Hall–Kier alpha value is -1.10. The summed E-state index contributed by atoms with van der Waals surface area (Å²) in [6.45, 7) is 0.805. The van der Waals surface area contributed by atoms with Crippen molar-refractivity contribution >= 4 is 11.9 Å². The van der Waals surface area contributed by atoms with Crippen molar-refractivity contribution in [2.75, 3.05) is 20.3 Å². The number of methoxy groups -OCH3 is 1. The van der Waals surface area contributed by atoms with E-state index < -0.39 is 5.97 Å². The molecule has 0 aromatic rings. The molecular formula is C8H15NO4. The van der Waals surface area contributed by atoms with Gasteiger partial charge in [0, 0.05) is 26.5 Å². The quantitative estimate of drug-likeness (QED) is 0.553. The van der Waals surface area contributed by atoms with Crippen LogP contribution in [0.5, 0.6) is 0 Å². The molecule has 0 atom stereocenters. The number of nitrogens with one attached hydrogen (secondary N) is 1. The first-order chi connectivity index (χ1) is 6.16. The summed E-state index contributed by atoms with van der Waals surface area (Å²) in [5, 5.41) is 10.9. The molecule has 5 heteroatoms. The third-order valence-corrected chi connectivity index (χ3v) is 1.42. The zero-order valence-corrected chi connectivity index (χ0v) is 7.71. The molecule has 13 heavy (non-hydrogen) atoms. The maximum atomic E-state index is 10.9. The summed E-state index contributed by atoms with van der Waals surface area (Å²) in [5.41, 5.74) is 0. The van der Waals surface area contributed by atoms with E-state index in [-0.39, 0.29) is 12.3 Å². The lowest BCUT2D eigenvalue weighted by molar-refractivity contribution is -0.137. The predicted molar refractivity (Wildman–Crippen MR) is 46.4 cm³/mol. The highest BCUT2D eigenvalue weighted by Crippen LogP contribution is 1.87. The molecule has 0 bridgehead atoms. The van der Waals surface area contributed by atoms with E-state index in [1.807, 2.05) is 0 Å². The standard InChI is InChI=1S/C8H15NO4/c1-13-6-4-7(10)9-5-2-3-8(11)12/h2-6H2,1H3,(H,9,10)(H,11,12). The molecular weight excluding hydrogens is 174 g/mol. The summed E-state index contributed by atoms with van der Waals surface area (Å²) in [6.07, 6.45) is 0.877. The van der Waals surface area contributed by atoms with Crippen LogP contribution < -0.4 is 5.32 Å². The van der Waals surface area contributed by atoms with Crippen LogP contribution in [0.15, 0.2) is 0 Å². The molecule has 0 aliphatic heterocycles. The Balaban J connectivity index is 3.22. The van der Waals surface area contributed by atoms with E-state index in [1.165, 1.54) is 7.11 Å². The van der Waals surface area contributed by atoms with Gasteiger partial charge < -0.3 is 15.2 Å². The summed E-state index contributed by atoms with van der Waals surface area (Å²) < 4.78 is 4.70. The Morgan fingerprint density at radius 2 is 2.08 bits per heavy atom. The minimum Gasteiger partial charge on any atom is -0.481 e. The van der Waals surface area contributed by atoms with Crippen molar-refractivity contribution in [3.8, 4) is 0 Å². The highest BCUT2D eigenvalue weighted by Gasteiger charge is 2.00. The second-order valence-electron chi connectivity index (χ2n) is 2.59. The Morgan fingerprint density at radius 1 is 1.38 bits per heavy atom. The summed E-state index contributed by atoms with van der Waals surface area (Å²) >= 11 is 0. The van der Waals surface area contributed by atoms with Gasteiger partial charge in [-0.25, -0.2) is 0 Å². The largest absolute Gasteiger partial charge is 0.481 e. The molecule has 0 rings (SSSR count). The molecule has 5 nitrogen and oxygen atoms in total. The van der Waals surface area contributed by atoms with Gasteiger partial charge in [0.1, 0.15) is 0 Å². The number of carboxylic acid groups (broad SMARTS) is 1. The molecule has 0 aliphatic rings. The Morgan fingerprint density at radius 3 is 2.62 bits per heavy atom. The van der Waals surface area contributed by atoms with Gasteiger partial charge in [0.15, 0.2) is 0 Å². The summed E-state index contributed by atoms with van der Waals surface area (Å²) in [4.78, 5) is 21.0. The van der Waals surface area contributed by atoms with Crippen molar-refractivity contribution in [1.82, 2.24) is 5.32 Å². The van der Waals surface area contributed by atoms with E-state index in [2.05, 4.69) is 5.32 Å². The van der Waals surface area contributed by atoms with Crippen LogP contribution in [0.2, 0.25) is 0 Å². The van der Waals surface area contributed by atoms with Gasteiger partial charge in [-0.1, -0.05) is 0 Å². The Labute approximate surface area is 77.1 Å². The molecule has 76 valence electrons. The van der Waals surface area contributed by atoms with Crippen LogP contribution in [0.25, 0.3) is 0 Å². The van der Waals surface area contributed by atoms with Crippen LogP contribution in [0.3, 0.4) is 0 Å². The van der Waals surface area contributed by atoms with Gasteiger partial charge in [0.25, 0.3) is 0 Å². The van der Waals surface area contributed by atoms with Gasteiger partial charge in [-0.15, -0.1) is 0 Å². The monoisotopic (exact) mass is 189 g/mol. The van der Waals surface area contributed by atoms with Gasteiger partial charge in [-0.2, -0.15) is 0 Å². The number of carbonyl (C=O) groups excluding carboxylic acids is 1. The van der Waals surface area contributed by atoms with Gasteiger partial charge in [0.05, 0.1) is 6.61 Å². The number of hydrogen-bond donors (Lipinski definition) is 2. The van der Waals surface area contributed by atoms with Crippen molar-refractivity contribution < 1.29 is 19.4 Å². The average molecular weight is 189 g/mol. The van der Waals surface area contributed by atoms with Gasteiger partial charge in [0.2, 0.25) is 5.91 Å². The summed E-state index contributed by atoms with van der Waals surface area (Å²) in [6, 6.07) is 0. The molecule has 0 fully saturated rings. The lowest BCUT2D eigenvalue weighted by Gasteiger charge is -2.02. The zero-order chi connectivity index (χ0) is 10.1. The fourth-order valence-corrected chi connectivity index (χ4v) is 0.751. The minimum atomic E-state index is -0.842. The highest BCUT2D eigenvalue weighted by atomic mass is 16.5. The fourth-order valence-electron chi connectivity index (χ4n) is 0.751. The molecule has 0 radical (unpaired) electrons. The number of ether oxygens (including phenoxy) is 1. The first kappa shape index (κ1) is 11.9. The Bertz CT molecular complexity index is 170. The SMILES string of the molecule is COCCC(=O)NCCCC(=O)O. The molecule has 0 heterocycles. The van der Waals surface area contributed by atoms with E-state index >= 15 is 0 Å². The number of aliphatic carboxylic acids is 1. The van der Waals surface area contributed by atoms with Crippen LogP contribution in [-0.4, -0.2) is 37.2 Å². The minimum absolute atomic E-state index is 0.0879. The molecule has 0 aromatic carbocycles. The first-order valence-corrected chi connectivity index (χ1v) is 4.14. The molecule has 0 aliphatic carbocycles. The Kier molecular flexibility index (Phi) is 6.91. The third-order valence-electron chi connectivity index (χ3n) is 1.42. The third kappa shape index (κ3) is 8.81. The van der Waals surface area contributed by atoms with Gasteiger partial charge in [-0.05, 0) is 6.42 Å². The van der Waals surface area contributed by atoms with E-state index in [0.717, 1.165) is 0 Å². The van der Waals surface area contributed by atoms with Crippen LogP contribution >= 0.6 is 0 Å². The lowest BCUT2D eigenvalue weighted by atomic mass is 10.3. The highest BCUT2D eigenvalue weighted by molar-refractivity contribution is 5.76. The molecule has 1 amide bonds. The van der Waals surface area contributed by atoms with Crippen LogP contribution in [0.1, 0.15) is 19.3 Å². The molecule has 0 spiro atoms. The van der Waals surface area contributed by atoms with Gasteiger partial charge in [-0.3, -0.25) is 9.59 Å². The maximum Gasteiger partial charge on any atom is 0.303 e. The number of hydrogen-bond acceptors (Lipinski definition) is 3. The molecule has 0 aromatic heterocycles. The van der Waals surface area contributed by atoms with Crippen molar-refractivity contribution in [3.05, 3.63) is 0 Å². The van der Waals surface area contributed by atoms with Crippen molar-refractivity contribution in [3.63, 3.8) is 0 Å². The fraction of sp³-hybridized carbons (Fsp3) is 0.750. The van der Waals surface area contributed by atoms with E-state index in [4.69, 9.17) is 9.84 Å². The van der Waals surface area contributed by atoms with Crippen LogP contribution in [0, 0.1) is 0 Å². The van der Waals surface area contributed by atoms with Crippen LogP contribution in [-0.2, 0) is 14.3 Å². The predicted octanol–water partition coefficient (Wildman–Crippen LogP) is 0.00390. The van der Waals surface area contributed by atoms with Crippen molar-refractivity contribution in [2.45, 2.75) is 19.3 Å². The summed E-state index contributed by atoms with van der Waals surface area (Å²) in [5.74, 6) is -0.946. The number of rotatable bonds is 7. The maximum absolute atomic E-state index is 10.9. The zero-order valence-electron chi connectivity index (χ0n) is 7.71. The normalized spacial score (nSPS) is 9.62. The second-order valence-corrected chi connectivity index (χ2v) is 2.59. The molecule has 2 N–H and O–H groups in total. The smallest absolute Gasteiger partial charge is 0.303 e. The first-order valence-electron chi connectivity index (χ1n) is 4.14. The van der Waals surface area contributed by atoms with Crippen molar-refractivity contribution in [1.29, 1.82) is 0 Å². The van der Waals surface area contributed by atoms with E-state index in [0.29, 0.717) is 26.0 Å². The number of amides is 1. The molecule has 0 unspecified atom stereocenters. The van der Waals surface area contributed by atoms with E-state index in [1.54, 1.807) is 0 Å². The topological polar surface area (TPSA) is 75.6 Å². The van der Waals surface area contributed by atoms with E-state index in [9.17, 15) is 9.59 Å². The average Bonchev–Trinajstić information content (AvgIpc) is 2.08. The van der Waals surface area contributed by atoms with Gasteiger partial charge >= 0.3 is 5.97 Å². The number of carboxylic acids is 1.